The highest BCUT2D eigenvalue weighted by Gasteiger charge is 2.13. The fourth-order valence-electron chi connectivity index (χ4n) is 1.53. The quantitative estimate of drug-likeness (QED) is 0.574. The fourth-order valence-corrected chi connectivity index (χ4v) is 2.40. The van der Waals surface area contributed by atoms with E-state index in [2.05, 4.69) is 16.6 Å². The van der Waals surface area contributed by atoms with E-state index in [4.69, 9.17) is 4.74 Å². The van der Waals surface area contributed by atoms with Crippen LogP contribution >= 0.6 is 11.5 Å². The van der Waals surface area contributed by atoms with Gasteiger partial charge in [0.2, 0.25) is 0 Å². The molecule has 17 heavy (non-hydrogen) atoms. The Hall–Kier alpha value is -0.940. The van der Waals surface area contributed by atoms with Crippen LogP contribution in [0, 0.1) is 6.92 Å². The molecule has 0 aliphatic rings. The Morgan fingerprint density at radius 1 is 1.47 bits per heavy atom. The lowest BCUT2D eigenvalue weighted by atomic mass is 10.2. The highest BCUT2D eigenvalue weighted by atomic mass is 32.1. The number of rotatable bonds is 8. The molecule has 0 unspecified atom stereocenters. The molecule has 0 atom stereocenters. The first-order valence-electron chi connectivity index (χ1n) is 5.95. The van der Waals surface area contributed by atoms with E-state index in [-0.39, 0.29) is 5.78 Å². The molecule has 0 aromatic carbocycles. The van der Waals surface area contributed by atoms with Gasteiger partial charge >= 0.3 is 0 Å². The first-order valence-corrected chi connectivity index (χ1v) is 6.73. The molecule has 0 spiro atoms. The molecule has 1 rings (SSSR count). The number of nitrogens with zero attached hydrogens (tertiary/aromatic N) is 1. The summed E-state index contributed by atoms with van der Waals surface area (Å²) in [5.74, 6) is 0.0704. The number of aryl methyl sites for hydroxylation is 1. The number of carbonyl (C=O) groups excluding carboxylic acids is 1. The summed E-state index contributed by atoms with van der Waals surface area (Å²) in [4.78, 5) is 11.4. The number of hydrogen-bond acceptors (Lipinski definition) is 5. The summed E-state index contributed by atoms with van der Waals surface area (Å²) >= 11 is 1.35. The topological polar surface area (TPSA) is 51.2 Å². The van der Waals surface area contributed by atoms with E-state index in [1.165, 1.54) is 11.5 Å². The van der Waals surface area contributed by atoms with Crippen LogP contribution in [0.2, 0.25) is 0 Å². The van der Waals surface area contributed by atoms with Crippen molar-refractivity contribution in [1.82, 2.24) is 4.37 Å². The summed E-state index contributed by atoms with van der Waals surface area (Å²) in [6.45, 7) is 7.92. The van der Waals surface area contributed by atoms with Gasteiger partial charge in [-0.25, -0.2) is 0 Å². The molecule has 1 heterocycles. The zero-order valence-corrected chi connectivity index (χ0v) is 11.5. The van der Waals surface area contributed by atoms with Crippen LogP contribution in [0.15, 0.2) is 0 Å². The Morgan fingerprint density at radius 3 is 2.88 bits per heavy atom. The molecule has 0 radical (unpaired) electrons. The number of nitrogens with one attached hydrogen (secondary N) is 1. The standard InChI is InChI=1S/C12H20N2O2S/c1-4-7-16-8-5-6-13-12-11(10(3)15)9(2)14-17-12/h13H,4-8H2,1-3H3. The average molecular weight is 256 g/mol. The van der Waals surface area contributed by atoms with Crippen molar-refractivity contribution in [1.29, 1.82) is 0 Å². The van der Waals surface area contributed by atoms with Crippen molar-refractivity contribution in [3.8, 4) is 0 Å². The molecule has 96 valence electrons. The number of hydrogen-bond donors (Lipinski definition) is 1. The molecule has 1 aromatic heterocycles. The van der Waals surface area contributed by atoms with E-state index in [0.717, 1.165) is 48.9 Å². The van der Waals surface area contributed by atoms with Crippen LogP contribution in [-0.4, -0.2) is 29.9 Å². The van der Waals surface area contributed by atoms with Crippen LogP contribution in [-0.2, 0) is 4.74 Å². The normalized spacial score (nSPS) is 10.5. The molecule has 0 aliphatic heterocycles. The number of anilines is 1. The van der Waals surface area contributed by atoms with Crippen LogP contribution in [0.5, 0.6) is 0 Å². The van der Waals surface area contributed by atoms with Crippen molar-refractivity contribution in [3.63, 3.8) is 0 Å². The molecule has 0 saturated heterocycles. The first-order chi connectivity index (χ1) is 8.16. The van der Waals surface area contributed by atoms with Crippen molar-refractivity contribution in [2.24, 2.45) is 0 Å². The van der Waals surface area contributed by atoms with E-state index in [0.29, 0.717) is 0 Å². The summed E-state index contributed by atoms with van der Waals surface area (Å²) in [5.41, 5.74) is 1.54. The first kappa shape index (κ1) is 14.1. The lowest BCUT2D eigenvalue weighted by Crippen LogP contribution is -2.07. The van der Waals surface area contributed by atoms with Gasteiger partial charge in [-0.1, -0.05) is 6.92 Å². The van der Waals surface area contributed by atoms with Crippen molar-refractivity contribution < 1.29 is 9.53 Å². The highest BCUT2D eigenvalue weighted by Crippen LogP contribution is 2.24. The van der Waals surface area contributed by atoms with Gasteiger partial charge in [0.25, 0.3) is 0 Å². The lowest BCUT2D eigenvalue weighted by molar-refractivity contribution is 0.101. The Balaban J connectivity index is 2.34. The van der Waals surface area contributed by atoms with Gasteiger partial charge in [-0.05, 0) is 38.2 Å². The molecule has 1 aromatic rings. The largest absolute Gasteiger partial charge is 0.381 e. The lowest BCUT2D eigenvalue weighted by Gasteiger charge is -2.05. The molecule has 0 saturated carbocycles. The number of Topliss-reactive ketones (excluding diaryl/α,β-unsaturated/α-hetero) is 1. The maximum atomic E-state index is 11.4. The Bertz CT molecular complexity index is 363. The van der Waals surface area contributed by atoms with Gasteiger partial charge in [-0.15, -0.1) is 0 Å². The second kappa shape index (κ2) is 7.40. The maximum absolute atomic E-state index is 11.4. The second-order valence-corrected chi connectivity index (χ2v) is 4.69. The Labute approximate surface area is 107 Å². The second-order valence-electron chi connectivity index (χ2n) is 3.92. The Morgan fingerprint density at radius 2 is 2.24 bits per heavy atom. The minimum atomic E-state index is 0.0704. The average Bonchev–Trinajstić information content (AvgIpc) is 2.65. The van der Waals surface area contributed by atoms with Crippen LogP contribution < -0.4 is 5.32 Å². The van der Waals surface area contributed by atoms with Crippen molar-refractivity contribution >= 4 is 22.3 Å². The minimum Gasteiger partial charge on any atom is -0.381 e. The summed E-state index contributed by atoms with van der Waals surface area (Å²) in [7, 11) is 0. The highest BCUT2D eigenvalue weighted by molar-refractivity contribution is 7.10. The van der Waals surface area contributed by atoms with E-state index >= 15 is 0 Å². The van der Waals surface area contributed by atoms with Crippen LogP contribution in [0.3, 0.4) is 0 Å². The van der Waals surface area contributed by atoms with Crippen molar-refractivity contribution in [3.05, 3.63) is 11.3 Å². The smallest absolute Gasteiger partial charge is 0.164 e. The molecule has 1 N–H and O–H groups in total. The third-order valence-corrected chi connectivity index (χ3v) is 3.21. The monoisotopic (exact) mass is 256 g/mol. The fraction of sp³-hybridized carbons (Fsp3) is 0.667. The molecular weight excluding hydrogens is 236 g/mol. The number of ketones is 1. The van der Waals surface area contributed by atoms with Gasteiger partial charge in [-0.2, -0.15) is 4.37 Å². The van der Waals surface area contributed by atoms with Crippen molar-refractivity contribution in [2.75, 3.05) is 25.1 Å². The molecule has 0 amide bonds. The van der Waals surface area contributed by atoms with Gasteiger partial charge < -0.3 is 10.1 Å². The van der Waals surface area contributed by atoms with E-state index in [1.54, 1.807) is 6.92 Å². The SMILES string of the molecule is CCCOCCCNc1snc(C)c1C(C)=O. The summed E-state index contributed by atoms with van der Waals surface area (Å²) in [6, 6.07) is 0. The van der Waals surface area contributed by atoms with Gasteiger partial charge in [0.05, 0.1) is 11.3 Å². The van der Waals surface area contributed by atoms with Crippen LogP contribution in [0.1, 0.15) is 42.7 Å². The van der Waals surface area contributed by atoms with Gasteiger partial charge in [-0.3, -0.25) is 4.79 Å². The summed E-state index contributed by atoms with van der Waals surface area (Å²) in [6.07, 6.45) is 1.99. The maximum Gasteiger partial charge on any atom is 0.164 e. The molecule has 0 aliphatic carbocycles. The molecular formula is C12H20N2O2S. The molecule has 5 heteroatoms. The van der Waals surface area contributed by atoms with Gasteiger partial charge in [0.15, 0.2) is 5.78 Å². The van der Waals surface area contributed by atoms with Crippen LogP contribution in [0.4, 0.5) is 5.00 Å². The van der Waals surface area contributed by atoms with E-state index < -0.39 is 0 Å². The predicted molar refractivity (Wildman–Crippen MR) is 71.1 cm³/mol. The van der Waals surface area contributed by atoms with Crippen molar-refractivity contribution in [2.45, 2.75) is 33.6 Å². The predicted octanol–water partition coefficient (Wildman–Crippen LogP) is 2.88. The third-order valence-electron chi connectivity index (χ3n) is 2.31. The summed E-state index contributed by atoms with van der Waals surface area (Å²) < 4.78 is 9.58. The zero-order valence-electron chi connectivity index (χ0n) is 10.7. The Kier molecular flexibility index (Phi) is 6.15. The van der Waals surface area contributed by atoms with Gasteiger partial charge in [0, 0.05) is 19.8 Å². The minimum absolute atomic E-state index is 0.0704. The van der Waals surface area contributed by atoms with Gasteiger partial charge in [0.1, 0.15) is 5.00 Å². The molecule has 0 fully saturated rings. The number of aromatic nitrogens is 1. The molecule has 4 nitrogen and oxygen atoms in total. The van der Waals surface area contributed by atoms with E-state index in [1.807, 2.05) is 6.92 Å². The summed E-state index contributed by atoms with van der Waals surface area (Å²) in [5, 5.41) is 4.13. The zero-order chi connectivity index (χ0) is 12.7. The number of ether oxygens (including phenoxy) is 1. The van der Waals surface area contributed by atoms with E-state index in [9.17, 15) is 4.79 Å². The van der Waals surface area contributed by atoms with Crippen LogP contribution in [0.25, 0.3) is 0 Å². The molecule has 0 bridgehead atoms. The number of carbonyl (C=O) groups is 1. The third kappa shape index (κ3) is 4.44.